The van der Waals surface area contributed by atoms with Crippen LogP contribution in [0.5, 0.6) is 5.75 Å². The third-order valence-electron chi connectivity index (χ3n) is 4.22. The zero-order valence-electron chi connectivity index (χ0n) is 14.6. The van der Waals surface area contributed by atoms with Gasteiger partial charge in [-0.05, 0) is 50.5 Å². The second-order valence-electron chi connectivity index (χ2n) is 6.74. The molecule has 132 valence electrons. The van der Waals surface area contributed by atoms with Crippen molar-refractivity contribution >= 4 is 28.9 Å². The van der Waals surface area contributed by atoms with Gasteiger partial charge in [0.25, 0.3) is 0 Å². The Bertz CT molecular complexity index is 554. The number of hydrogen-bond acceptors (Lipinski definition) is 3. The van der Waals surface area contributed by atoms with Crippen molar-refractivity contribution in [1.29, 1.82) is 0 Å². The molecule has 0 spiro atoms. The van der Waals surface area contributed by atoms with E-state index in [2.05, 4.69) is 10.6 Å². The molecule has 1 aromatic rings. The lowest BCUT2D eigenvalue weighted by Crippen LogP contribution is -2.34. The monoisotopic (exact) mass is 348 g/mol. The van der Waals surface area contributed by atoms with Crippen molar-refractivity contribution in [2.75, 3.05) is 5.32 Å². The fraction of sp³-hybridized carbons (Fsp3) is 0.579. The predicted octanol–water partition coefficient (Wildman–Crippen LogP) is 4.65. The van der Waals surface area contributed by atoms with Gasteiger partial charge in [0.05, 0.1) is 6.10 Å². The largest absolute Gasteiger partial charge is 0.491 e. The number of nitrogens with one attached hydrogen (secondary N) is 2. The summed E-state index contributed by atoms with van der Waals surface area (Å²) in [7, 11) is 0. The second-order valence-corrected chi connectivity index (χ2v) is 7.15. The maximum Gasteiger partial charge on any atom is 0.226 e. The average molecular weight is 349 g/mol. The summed E-state index contributed by atoms with van der Waals surface area (Å²) >= 11 is 5.23. The van der Waals surface area contributed by atoms with Gasteiger partial charge in [0.1, 0.15) is 5.75 Å². The molecular formula is C19H28N2O2S. The highest BCUT2D eigenvalue weighted by atomic mass is 32.1. The van der Waals surface area contributed by atoms with Crippen LogP contribution in [0.2, 0.25) is 0 Å². The number of anilines is 1. The maximum atomic E-state index is 12.0. The zero-order chi connectivity index (χ0) is 17.4. The SMILES string of the molecule is CC(C)Oc1cccc(NC(=S)NC(=O)CCC2CCCCC2)c1. The van der Waals surface area contributed by atoms with Gasteiger partial charge in [-0.25, -0.2) is 0 Å². The lowest BCUT2D eigenvalue weighted by molar-refractivity contribution is -0.120. The molecule has 2 N–H and O–H groups in total. The molecule has 24 heavy (non-hydrogen) atoms. The van der Waals surface area contributed by atoms with E-state index >= 15 is 0 Å². The number of rotatable bonds is 6. The fourth-order valence-electron chi connectivity index (χ4n) is 3.08. The molecule has 0 unspecified atom stereocenters. The Hall–Kier alpha value is -1.62. The molecule has 4 nitrogen and oxygen atoms in total. The van der Waals surface area contributed by atoms with E-state index < -0.39 is 0 Å². The normalized spacial score (nSPS) is 15.1. The van der Waals surface area contributed by atoms with Crippen LogP contribution in [-0.4, -0.2) is 17.1 Å². The Morgan fingerprint density at radius 1 is 1.29 bits per heavy atom. The van der Waals surface area contributed by atoms with Gasteiger partial charge in [-0.2, -0.15) is 0 Å². The summed E-state index contributed by atoms with van der Waals surface area (Å²) in [6, 6.07) is 7.57. The van der Waals surface area contributed by atoms with Gasteiger partial charge in [0, 0.05) is 18.2 Å². The number of carbonyl (C=O) groups excluding carboxylic acids is 1. The first-order valence-corrected chi connectivity index (χ1v) is 9.31. The van der Waals surface area contributed by atoms with Crippen LogP contribution in [0, 0.1) is 5.92 Å². The molecule has 0 radical (unpaired) electrons. The summed E-state index contributed by atoms with van der Waals surface area (Å²) in [4.78, 5) is 12.0. The molecule has 0 aliphatic heterocycles. The van der Waals surface area contributed by atoms with Gasteiger partial charge >= 0.3 is 0 Å². The fourth-order valence-corrected chi connectivity index (χ4v) is 3.31. The number of carbonyl (C=O) groups is 1. The van der Waals surface area contributed by atoms with E-state index in [9.17, 15) is 4.79 Å². The molecular weight excluding hydrogens is 320 g/mol. The number of ether oxygens (including phenoxy) is 1. The van der Waals surface area contributed by atoms with Gasteiger partial charge in [-0.3, -0.25) is 4.79 Å². The van der Waals surface area contributed by atoms with Crippen LogP contribution in [0.3, 0.4) is 0 Å². The van der Waals surface area contributed by atoms with Crippen LogP contribution in [0.1, 0.15) is 58.8 Å². The highest BCUT2D eigenvalue weighted by Crippen LogP contribution is 2.27. The van der Waals surface area contributed by atoms with Crippen molar-refractivity contribution in [2.45, 2.75) is 64.9 Å². The molecule has 1 aromatic carbocycles. The van der Waals surface area contributed by atoms with Crippen LogP contribution in [0.25, 0.3) is 0 Å². The Morgan fingerprint density at radius 2 is 2.04 bits per heavy atom. The van der Waals surface area contributed by atoms with E-state index in [1.165, 1.54) is 32.1 Å². The lowest BCUT2D eigenvalue weighted by Gasteiger charge is -2.21. The Labute approximate surface area is 150 Å². The Morgan fingerprint density at radius 3 is 2.75 bits per heavy atom. The molecule has 1 aliphatic carbocycles. The maximum absolute atomic E-state index is 12.0. The smallest absolute Gasteiger partial charge is 0.226 e. The molecule has 1 saturated carbocycles. The van der Waals surface area contributed by atoms with Gasteiger partial charge in [-0.1, -0.05) is 38.2 Å². The summed E-state index contributed by atoms with van der Waals surface area (Å²) in [5.74, 6) is 1.48. The van der Waals surface area contributed by atoms with Gasteiger partial charge in [0.2, 0.25) is 5.91 Å². The van der Waals surface area contributed by atoms with Crippen molar-refractivity contribution in [3.63, 3.8) is 0 Å². The minimum atomic E-state index is -0.00680. The standard InChI is InChI=1S/C19H28N2O2S/c1-14(2)23-17-10-6-9-16(13-17)20-19(24)21-18(22)12-11-15-7-4-3-5-8-15/h6,9-10,13-15H,3-5,7-8,11-12H2,1-2H3,(H2,20,21,22,24). The quantitative estimate of drug-likeness (QED) is 0.735. The summed E-state index contributed by atoms with van der Waals surface area (Å²) in [5, 5.41) is 6.15. The molecule has 1 fully saturated rings. The number of benzene rings is 1. The molecule has 0 saturated heterocycles. The number of thiocarbonyl (C=S) groups is 1. The van der Waals surface area contributed by atoms with E-state index in [-0.39, 0.29) is 12.0 Å². The van der Waals surface area contributed by atoms with Crippen molar-refractivity contribution in [2.24, 2.45) is 5.92 Å². The average Bonchev–Trinajstić information content (AvgIpc) is 2.53. The van der Waals surface area contributed by atoms with Crippen LogP contribution in [0.15, 0.2) is 24.3 Å². The molecule has 1 amide bonds. The topological polar surface area (TPSA) is 50.4 Å². The lowest BCUT2D eigenvalue weighted by atomic mass is 9.86. The number of amides is 1. The van der Waals surface area contributed by atoms with E-state index in [0.717, 1.165) is 17.9 Å². The first-order chi connectivity index (χ1) is 11.5. The van der Waals surface area contributed by atoms with E-state index in [1.54, 1.807) is 0 Å². The summed E-state index contributed by atoms with van der Waals surface area (Å²) in [6.07, 6.45) is 8.11. The Kier molecular flexibility index (Phi) is 7.50. The molecule has 5 heteroatoms. The van der Waals surface area contributed by atoms with Gasteiger partial charge < -0.3 is 15.4 Å². The van der Waals surface area contributed by atoms with Crippen molar-refractivity contribution in [3.8, 4) is 5.75 Å². The van der Waals surface area contributed by atoms with Gasteiger partial charge in [0.15, 0.2) is 5.11 Å². The molecule has 0 aromatic heterocycles. The highest BCUT2D eigenvalue weighted by Gasteiger charge is 2.15. The third kappa shape index (κ3) is 6.87. The molecule has 1 aliphatic rings. The van der Waals surface area contributed by atoms with Gasteiger partial charge in [-0.15, -0.1) is 0 Å². The summed E-state index contributed by atoms with van der Waals surface area (Å²) < 4.78 is 5.65. The molecule has 2 rings (SSSR count). The summed E-state index contributed by atoms with van der Waals surface area (Å²) in [5.41, 5.74) is 0.811. The third-order valence-corrected chi connectivity index (χ3v) is 4.43. The van der Waals surface area contributed by atoms with Crippen molar-refractivity contribution < 1.29 is 9.53 Å². The zero-order valence-corrected chi connectivity index (χ0v) is 15.5. The minimum absolute atomic E-state index is 0.00680. The second kappa shape index (κ2) is 9.62. The number of hydrogen-bond donors (Lipinski definition) is 2. The van der Waals surface area contributed by atoms with Crippen LogP contribution >= 0.6 is 12.2 Å². The van der Waals surface area contributed by atoms with Crippen molar-refractivity contribution in [3.05, 3.63) is 24.3 Å². The van der Waals surface area contributed by atoms with Crippen molar-refractivity contribution in [1.82, 2.24) is 5.32 Å². The first kappa shape index (κ1) is 18.7. The predicted molar refractivity (Wildman–Crippen MR) is 102 cm³/mol. The van der Waals surface area contributed by atoms with Crippen LogP contribution in [-0.2, 0) is 4.79 Å². The van der Waals surface area contributed by atoms with E-state index in [4.69, 9.17) is 17.0 Å². The molecule has 0 atom stereocenters. The minimum Gasteiger partial charge on any atom is -0.491 e. The van der Waals surface area contributed by atoms with Crippen LogP contribution < -0.4 is 15.4 Å². The van der Waals surface area contributed by atoms with Crippen LogP contribution in [0.4, 0.5) is 5.69 Å². The summed E-state index contributed by atoms with van der Waals surface area (Å²) in [6.45, 7) is 3.97. The molecule has 0 bridgehead atoms. The van der Waals surface area contributed by atoms with E-state index in [0.29, 0.717) is 17.5 Å². The van der Waals surface area contributed by atoms with E-state index in [1.807, 2.05) is 38.1 Å². The molecule has 0 heterocycles. The highest BCUT2D eigenvalue weighted by molar-refractivity contribution is 7.80. The Balaban J connectivity index is 1.74. The first-order valence-electron chi connectivity index (χ1n) is 8.90.